The summed E-state index contributed by atoms with van der Waals surface area (Å²) in [6.07, 6.45) is 0. The Labute approximate surface area is 166 Å². The van der Waals surface area contributed by atoms with E-state index in [1.807, 2.05) is 31.2 Å². The number of allylic oxidation sites excluding steroid dienone is 1. The largest absolute Gasteiger partial charge is 0.366 e. The number of halogens is 2. The van der Waals surface area contributed by atoms with E-state index in [4.69, 9.17) is 28.9 Å². The minimum Gasteiger partial charge on any atom is -0.366 e. The number of amidine groups is 1. The molecule has 3 N–H and O–H groups in total. The normalized spacial score (nSPS) is 16.9. The van der Waals surface area contributed by atoms with Crippen LogP contribution in [-0.4, -0.2) is 11.1 Å². The summed E-state index contributed by atoms with van der Waals surface area (Å²) in [4.78, 5) is 16.7. The lowest BCUT2D eigenvalue weighted by atomic mass is 9.96. The zero-order valence-corrected chi connectivity index (χ0v) is 16.3. The third-order valence-electron chi connectivity index (χ3n) is 3.98. The van der Waals surface area contributed by atoms with Crippen LogP contribution in [0.15, 0.2) is 64.8 Å². The summed E-state index contributed by atoms with van der Waals surface area (Å²) < 4.78 is 0. The van der Waals surface area contributed by atoms with E-state index in [1.165, 1.54) is 5.56 Å². The monoisotopic (exact) mass is 405 g/mol. The van der Waals surface area contributed by atoms with Crippen LogP contribution in [0.5, 0.6) is 0 Å². The van der Waals surface area contributed by atoms with E-state index in [9.17, 15) is 4.79 Å². The minimum atomic E-state index is -0.585. The van der Waals surface area contributed by atoms with E-state index in [-0.39, 0.29) is 0 Å². The first-order valence-corrected chi connectivity index (χ1v) is 9.67. The maximum absolute atomic E-state index is 12.0. The molecule has 2 aromatic rings. The van der Waals surface area contributed by atoms with Crippen molar-refractivity contribution >= 4 is 46.0 Å². The van der Waals surface area contributed by atoms with Crippen LogP contribution in [0, 0.1) is 0 Å². The molecule has 134 valence electrons. The lowest BCUT2D eigenvalue weighted by Gasteiger charge is -2.26. The Bertz CT molecular complexity index is 897. The fraction of sp³-hybridized carbons (Fsp3) is 0.158. The zero-order valence-electron chi connectivity index (χ0n) is 14.0. The van der Waals surface area contributed by atoms with E-state index < -0.39 is 11.9 Å². The quantitative estimate of drug-likeness (QED) is 0.775. The molecule has 0 radical (unpaired) electrons. The van der Waals surface area contributed by atoms with Gasteiger partial charge in [0.25, 0.3) is 0 Å². The second-order valence-corrected chi connectivity index (χ2v) is 7.53. The first kappa shape index (κ1) is 18.8. The maximum Gasteiger partial charge on any atom is 0.248 e. The molecule has 4 nitrogen and oxygen atoms in total. The number of hydrogen-bond donors (Lipinski definition) is 2. The van der Waals surface area contributed by atoms with Crippen LogP contribution in [0.25, 0.3) is 0 Å². The Kier molecular flexibility index (Phi) is 5.91. The molecule has 1 heterocycles. The molecular weight excluding hydrogens is 389 g/mol. The van der Waals surface area contributed by atoms with Crippen molar-refractivity contribution in [1.82, 2.24) is 5.32 Å². The van der Waals surface area contributed by atoms with Gasteiger partial charge in [-0.1, -0.05) is 77.4 Å². The molecule has 2 aromatic carbocycles. The Morgan fingerprint density at radius 1 is 1.19 bits per heavy atom. The number of carbonyl (C=O) groups excluding carboxylic acids is 1. The molecule has 0 spiro atoms. The number of rotatable bonds is 4. The van der Waals surface area contributed by atoms with E-state index in [0.717, 1.165) is 5.75 Å². The molecular formula is C19H17Cl2N3OS. The van der Waals surface area contributed by atoms with E-state index in [2.05, 4.69) is 22.4 Å². The number of nitrogens with two attached hydrogens (primary N) is 1. The van der Waals surface area contributed by atoms with Gasteiger partial charge in [0.05, 0.1) is 15.6 Å². The molecule has 0 saturated heterocycles. The molecule has 1 atom stereocenters. The highest BCUT2D eigenvalue weighted by molar-refractivity contribution is 8.13. The molecule has 0 aromatic heterocycles. The van der Waals surface area contributed by atoms with Crippen LogP contribution >= 0.6 is 35.0 Å². The number of carbonyl (C=O) groups is 1. The van der Waals surface area contributed by atoms with Crippen LogP contribution in [-0.2, 0) is 10.5 Å². The molecule has 0 fully saturated rings. The topological polar surface area (TPSA) is 67.5 Å². The molecule has 1 aliphatic heterocycles. The molecule has 7 heteroatoms. The van der Waals surface area contributed by atoms with Crippen LogP contribution in [0.3, 0.4) is 0 Å². The Balaban J connectivity index is 1.93. The van der Waals surface area contributed by atoms with Gasteiger partial charge in [0, 0.05) is 17.0 Å². The number of benzene rings is 2. The molecule has 1 amide bonds. The molecule has 0 saturated carbocycles. The standard InChI is InChI=1S/C19H17Cl2N3OS/c1-11-15(18(22)25)17(13-8-5-9-14(20)16(13)21)24-19(23-11)26-10-12-6-3-2-4-7-12/h2-9,17H,10H2,1H3,(H2,22,25)(H,23,24)/t17-/m1/s1. The Morgan fingerprint density at radius 2 is 1.92 bits per heavy atom. The number of nitrogens with one attached hydrogen (secondary N) is 1. The fourth-order valence-corrected chi connectivity index (χ4v) is 4.03. The highest BCUT2D eigenvalue weighted by Crippen LogP contribution is 2.38. The van der Waals surface area contributed by atoms with Gasteiger partial charge < -0.3 is 11.1 Å². The molecule has 26 heavy (non-hydrogen) atoms. The molecule has 0 bridgehead atoms. The predicted octanol–water partition coefficient (Wildman–Crippen LogP) is 4.69. The van der Waals surface area contributed by atoms with Gasteiger partial charge in [0.15, 0.2) is 5.17 Å². The van der Waals surface area contributed by atoms with Gasteiger partial charge in [-0.25, -0.2) is 4.99 Å². The van der Waals surface area contributed by atoms with E-state index in [0.29, 0.717) is 32.0 Å². The summed E-state index contributed by atoms with van der Waals surface area (Å²) in [5, 5.41) is 4.67. The van der Waals surface area contributed by atoms with Crippen molar-refractivity contribution in [1.29, 1.82) is 0 Å². The van der Waals surface area contributed by atoms with Crippen LogP contribution < -0.4 is 11.1 Å². The highest BCUT2D eigenvalue weighted by Gasteiger charge is 2.29. The van der Waals surface area contributed by atoms with Crippen LogP contribution in [0.2, 0.25) is 10.0 Å². The van der Waals surface area contributed by atoms with E-state index in [1.54, 1.807) is 23.9 Å². The average molecular weight is 406 g/mol. The van der Waals surface area contributed by atoms with Gasteiger partial charge in [-0.05, 0) is 18.6 Å². The fourth-order valence-electron chi connectivity index (χ4n) is 2.72. The van der Waals surface area contributed by atoms with Crippen molar-refractivity contribution in [3.05, 3.63) is 81.0 Å². The lowest BCUT2D eigenvalue weighted by Crippen LogP contribution is -2.32. The summed E-state index contributed by atoms with van der Waals surface area (Å²) in [5.74, 6) is 0.217. The van der Waals surface area contributed by atoms with Gasteiger partial charge >= 0.3 is 0 Å². The van der Waals surface area contributed by atoms with Crippen molar-refractivity contribution in [3.63, 3.8) is 0 Å². The lowest BCUT2D eigenvalue weighted by molar-refractivity contribution is -0.114. The number of nitrogens with zero attached hydrogens (tertiary/aromatic N) is 1. The second-order valence-electron chi connectivity index (χ2n) is 5.78. The van der Waals surface area contributed by atoms with Crippen molar-refractivity contribution in [2.75, 3.05) is 0 Å². The number of primary amides is 1. The van der Waals surface area contributed by atoms with Crippen molar-refractivity contribution in [2.24, 2.45) is 10.7 Å². The van der Waals surface area contributed by atoms with Crippen LogP contribution in [0.4, 0.5) is 0 Å². The van der Waals surface area contributed by atoms with Crippen molar-refractivity contribution < 1.29 is 4.79 Å². The maximum atomic E-state index is 12.0. The molecule has 1 aliphatic rings. The minimum absolute atomic E-state index is 0.378. The summed E-state index contributed by atoms with van der Waals surface area (Å²) in [5.41, 5.74) is 8.49. The summed E-state index contributed by atoms with van der Waals surface area (Å²) in [6.45, 7) is 1.81. The van der Waals surface area contributed by atoms with Gasteiger partial charge in [0.1, 0.15) is 6.04 Å². The smallest absolute Gasteiger partial charge is 0.248 e. The van der Waals surface area contributed by atoms with Crippen LogP contribution in [0.1, 0.15) is 24.1 Å². The van der Waals surface area contributed by atoms with Gasteiger partial charge in [0.2, 0.25) is 5.91 Å². The number of hydrogen-bond acceptors (Lipinski definition) is 4. The van der Waals surface area contributed by atoms with E-state index >= 15 is 0 Å². The number of amides is 1. The first-order valence-electron chi connectivity index (χ1n) is 7.93. The summed E-state index contributed by atoms with van der Waals surface area (Å²) in [7, 11) is 0. The predicted molar refractivity (Wildman–Crippen MR) is 109 cm³/mol. The van der Waals surface area contributed by atoms with Gasteiger partial charge in [-0.3, -0.25) is 4.79 Å². The van der Waals surface area contributed by atoms with Crippen molar-refractivity contribution in [3.8, 4) is 0 Å². The molecule has 0 aliphatic carbocycles. The summed E-state index contributed by atoms with van der Waals surface area (Å²) in [6, 6.07) is 14.8. The van der Waals surface area contributed by atoms with Crippen molar-refractivity contribution in [2.45, 2.75) is 18.7 Å². The van der Waals surface area contributed by atoms with Gasteiger partial charge in [-0.2, -0.15) is 0 Å². The number of thioether (sulfide) groups is 1. The molecule has 0 unspecified atom stereocenters. The Hall–Kier alpha value is -1.95. The summed E-state index contributed by atoms with van der Waals surface area (Å²) >= 11 is 14.1. The third-order valence-corrected chi connectivity index (χ3v) is 5.77. The SMILES string of the molecule is CC1=C(C(N)=O)[C@@H](c2cccc(Cl)c2Cl)N=C(SCc2ccccc2)N1. The average Bonchev–Trinajstić information content (AvgIpc) is 2.62. The third kappa shape index (κ3) is 4.06. The van der Waals surface area contributed by atoms with Gasteiger partial charge in [-0.15, -0.1) is 0 Å². The highest BCUT2D eigenvalue weighted by atomic mass is 35.5. The number of aliphatic imine (C=N–C) groups is 1. The Morgan fingerprint density at radius 3 is 2.62 bits per heavy atom. The first-order chi connectivity index (χ1) is 12.5. The molecule has 3 rings (SSSR count). The second kappa shape index (κ2) is 8.16. The zero-order chi connectivity index (χ0) is 18.7.